The summed E-state index contributed by atoms with van der Waals surface area (Å²) in [6.07, 6.45) is 9.08. The number of carbonyl (C=O) groups is 1. The fourth-order valence-corrected chi connectivity index (χ4v) is 5.40. The van der Waals surface area contributed by atoms with Gasteiger partial charge in [0.15, 0.2) is 5.82 Å². The first-order valence-corrected chi connectivity index (χ1v) is 12.4. The summed E-state index contributed by atoms with van der Waals surface area (Å²) >= 11 is 0. The third-order valence-corrected chi connectivity index (χ3v) is 7.23. The molecule has 3 fully saturated rings. The minimum absolute atomic E-state index is 0.117. The van der Waals surface area contributed by atoms with Crippen LogP contribution < -0.4 is 10.6 Å². The maximum Gasteiger partial charge on any atom is 0.410 e. The van der Waals surface area contributed by atoms with Gasteiger partial charge in [-0.3, -0.25) is 10.1 Å². The maximum absolute atomic E-state index is 12.8. The third-order valence-electron chi connectivity index (χ3n) is 7.23. The molecule has 1 saturated carbocycles. The summed E-state index contributed by atoms with van der Waals surface area (Å²) in [5.41, 5.74) is 1.85. The zero-order chi connectivity index (χ0) is 23.1. The van der Waals surface area contributed by atoms with E-state index in [1.54, 1.807) is 6.20 Å². The van der Waals surface area contributed by atoms with Gasteiger partial charge in [-0.05, 0) is 69.9 Å². The number of H-pyrrole nitrogens is 1. The second kappa shape index (κ2) is 8.77. The fraction of sp³-hybridized carbons (Fsp3) is 0.520. The molecule has 34 heavy (non-hydrogen) atoms. The fourth-order valence-electron chi connectivity index (χ4n) is 5.40. The lowest BCUT2D eigenvalue weighted by atomic mass is 9.82. The normalized spacial score (nSPS) is 24.1. The Labute approximate surface area is 198 Å². The van der Waals surface area contributed by atoms with Crippen LogP contribution >= 0.6 is 0 Å². The van der Waals surface area contributed by atoms with E-state index in [9.17, 15) is 4.79 Å². The zero-order valence-electron chi connectivity index (χ0n) is 19.5. The molecule has 2 bridgehead atoms. The van der Waals surface area contributed by atoms with Gasteiger partial charge in [0.2, 0.25) is 0 Å². The van der Waals surface area contributed by atoms with Crippen LogP contribution in [0.4, 0.5) is 22.2 Å². The number of ether oxygens (including phenoxy) is 1. The van der Waals surface area contributed by atoms with Crippen LogP contribution in [0.15, 0.2) is 30.5 Å². The molecule has 1 aliphatic carbocycles. The van der Waals surface area contributed by atoms with E-state index < -0.39 is 0 Å². The monoisotopic (exact) mass is 461 g/mol. The van der Waals surface area contributed by atoms with E-state index >= 15 is 0 Å². The Hall–Kier alpha value is -3.36. The first-order chi connectivity index (χ1) is 16.6. The summed E-state index contributed by atoms with van der Waals surface area (Å²) in [4.78, 5) is 24.3. The molecule has 3 N–H and O–H groups in total. The molecule has 2 saturated heterocycles. The number of aryl methyl sites for hydroxylation is 1. The number of piperidine rings is 2. The predicted molar refractivity (Wildman–Crippen MR) is 130 cm³/mol. The number of fused-ring (bicyclic) bond motifs is 3. The number of hydrogen-bond acceptors (Lipinski definition) is 7. The van der Waals surface area contributed by atoms with E-state index in [0.717, 1.165) is 53.9 Å². The second-order valence-corrected chi connectivity index (χ2v) is 9.97. The third kappa shape index (κ3) is 4.38. The van der Waals surface area contributed by atoms with Gasteiger partial charge in [-0.15, -0.1) is 0 Å². The second-order valence-electron chi connectivity index (χ2n) is 9.97. The van der Waals surface area contributed by atoms with Gasteiger partial charge in [-0.2, -0.15) is 5.10 Å². The molecule has 2 aliphatic heterocycles. The predicted octanol–water partition coefficient (Wildman–Crippen LogP) is 4.75. The van der Waals surface area contributed by atoms with Gasteiger partial charge in [0.05, 0.1) is 12.1 Å². The van der Waals surface area contributed by atoms with E-state index in [2.05, 4.69) is 25.8 Å². The molecule has 3 aliphatic rings. The average molecular weight is 462 g/mol. The van der Waals surface area contributed by atoms with Crippen molar-refractivity contribution in [3.63, 3.8) is 0 Å². The van der Waals surface area contributed by atoms with Crippen LogP contribution in [0.1, 0.15) is 50.6 Å². The molecule has 3 aromatic rings. The molecule has 3 aromatic heterocycles. The average Bonchev–Trinajstić information content (AvgIpc) is 3.57. The SMILES string of the molecule is Cc1cc(Nc2cc3ncccc3c(NC3C[C@H]4CCC[C@@H](C3)N4C(=O)OCC3CC3)n2)n[nH]1. The number of anilines is 3. The van der Waals surface area contributed by atoms with E-state index in [4.69, 9.17) is 9.72 Å². The van der Waals surface area contributed by atoms with Crippen LogP contribution in [0.2, 0.25) is 0 Å². The summed E-state index contributed by atoms with van der Waals surface area (Å²) in [5, 5.41) is 15.2. The quantitative estimate of drug-likeness (QED) is 0.486. The van der Waals surface area contributed by atoms with E-state index in [1.807, 2.05) is 36.1 Å². The smallest absolute Gasteiger partial charge is 0.410 e. The van der Waals surface area contributed by atoms with Crippen molar-refractivity contribution in [3.05, 3.63) is 36.2 Å². The van der Waals surface area contributed by atoms with Gasteiger partial charge >= 0.3 is 6.09 Å². The largest absolute Gasteiger partial charge is 0.449 e. The number of carbonyl (C=O) groups excluding carboxylic acids is 1. The molecule has 1 unspecified atom stereocenters. The van der Waals surface area contributed by atoms with E-state index in [-0.39, 0.29) is 24.2 Å². The Morgan fingerprint density at radius 2 is 2.00 bits per heavy atom. The van der Waals surface area contributed by atoms with Crippen LogP contribution in [-0.4, -0.2) is 55.9 Å². The maximum atomic E-state index is 12.8. The Morgan fingerprint density at radius 1 is 1.18 bits per heavy atom. The molecular weight excluding hydrogens is 430 g/mol. The van der Waals surface area contributed by atoms with E-state index in [0.29, 0.717) is 18.3 Å². The molecular formula is C25H31N7O2. The molecule has 9 nitrogen and oxygen atoms in total. The first kappa shape index (κ1) is 21.2. The standard InChI is InChI=1S/C25H31N7O2/c1-15-10-23(31-30-15)28-22-13-21-20(6-3-9-26-21)24(29-22)27-17-11-18-4-2-5-19(12-17)32(18)25(33)34-14-16-7-8-16/h3,6,9-10,13,16-19H,2,4-5,7-8,11-12,14H2,1H3,(H3,27,28,29,30,31)/t17?,18-,19+. The molecule has 178 valence electrons. The highest BCUT2D eigenvalue weighted by Crippen LogP contribution is 2.37. The van der Waals surface area contributed by atoms with Crippen LogP contribution in [-0.2, 0) is 4.74 Å². The summed E-state index contributed by atoms with van der Waals surface area (Å²) in [5.74, 6) is 2.82. The van der Waals surface area contributed by atoms with Crippen LogP contribution in [0.25, 0.3) is 10.9 Å². The number of aromatic nitrogens is 4. The summed E-state index contributed by atoms with van der Waals surface area (Å²) < 4.78 is 5.66. The lowest BCUT2D eigenvalue weighted by Gasteiger charge is -2.48. The number of rotatable bonds is 6. The van der Waals surface area contributed by atoms with Gasteiger partial charge in [0.1, 0.15) is 11.6 Å². The number of aromatic amines is 1. The molecule has 0 radical (unpaired) electrons. The summed E-state index contributed by atoms with van der Waals surface area (Å²) in [6, 6.07) is 8.54. The van der Waals surface area contributed by atoms with Crippen molar-refractivity contribution in [2.75, 3.05) is 17.2 Å². The van der Waals surface area contributed by atoms with Crippen molar-refractivity contribution in [2.24, 2.45) is 5.92 Å². The van der Waals surface area contributed by atoms with Gasteiger partial charge in [0.25, 0.3) is 0 Å². The number of amides is 1. The molecule has 0 spiro atoms. The van der Waals surface area contributed by atoms with Crippen molar-refractivity contribution in [2.45, 2.75) is 70.0 Å². The lowest BCUT2D eigenvalue weighted by Crippen LogP contribution is -2.57. The Balaban J connectivity index is 1.21. The van der Waals surface area contributed by atoms with Crippen molar-refractivity contribution in [1.29, 1.82) is 0 Å². The molecule has 3 atom stereocenters. The van der Waals surface area contributed by atoms with Crippen LogP contribution in [0.5, 0.6) is 0 Å². The minimum atomic E-state index is -0.117. The zero-order valence-corrected chi connectivity index (χ0v) is 19.5. The molecule has 5 heterocycles. The Kier molecular flexibility index (Phi) is 5.47. The lowest BCUT2D eigenvalue weighted by molar-refractivity contribution is 0.0181. The summed E-state index contributed by atoms with van der Waals surface area (Å²) in [6.45, 7) is 2.54. The minimum Gasteiger partial charge on any atom is -0.449 e. The molecule has 1 amide bonds. The van der Waals surface area contributed by atoms with Gasteiger partial charge in [-0.25, -0.2) is 9.78 Å². The van der Waals surface area contributed by atoms with E-state index in [1.165, 1.54) is 19.3 Å². The number of pyridine rings is 2. The van der Waals surface area contributed by atoms with Crippen LogP contribution in [0.3, 0.4) is 0 Å². The number of nitrogens with zero attached hydrogens (tertiary/aromatic N) is 4. The Bertz CT molecular complexity index is 1180. The molecule has 6 rings (SSSR count). The van der Waals surface area contributed by atoms with Crippen LogP contribution in [0, 0.1) is 12.8 Å². The van der Waals surface area contributed by atoms with Crippen molar-refractivity contribution in [3.8, 4) is 0 Å². The number of nitrogens with one attached hydrogen (secondary N) is 3. The highest BCUT2D eigenvalue weighted by Gasteiger charge is 2.42. The summed E-state index contributed by atoms with van der Waals surface area (Å²) in [7, 11) is 0. The first-order valence-electron chi connectivity index (χ1n) is 12.4. The van der Waals surface area contributed by atoms with Crippen molar-refractivity contribution >= 4 is 34.4 Å². The highest BCUT2D eigenvalue weighted by atomic mass is 16.6. The highest BCUT2D eigenvalue weighted by molar-refractivity contribution is 5.91. The number of hydrogen-bond donors (Lipinski definition) is 3. The Morgan fingerprint density at radius 3 is 2.74 bits per heavy atom. The van der Waals surface area contributed by atoms with Crippen molar-refractivity contribution in [1.82, 2.24) is 25.1 Å². The van der Waals surface area contributed by atoms with Gasteiger partial charge in [0, 0.05) is 47.5 Å². The van der Waals surface area contributed by atoms with Gasteiger partial charge in [-0.1, -0.05) is 0 Å². The molecule has 0 aromatic carbocycles. The topological polar surface area (TPSA) is 108 Å². The van der Waals surface area contributed by atoms with Crippen molar-refractivity contribution < 1.29 is 9.53 Å². The van der Waals surface area contributed by atoms with Gasteiger partial charge < -0.3 is 20.3 Å². The molecule has 9 heteroatoms.